The van der Waals surface area contributed by atoms with Gasteiger partial charge in [0, 0.05) is 25.2 Å². The van der Waals surface area contributed by atoms with E-state index in [0.717, 1.165) is 19.3 Å². The first-order valence-corrected chi connectivity index (χ1v) is 12.4. The van der Waals surface area contributed by atoms with E-state index >= 15 is 0 Å². The summed E-state index contributed by atoms with van der Waals surface area (Å²) < 4.78 is 34.3. The third kappa shape index (κ3) is 8.65. The van der Waals surface area contributed by atoms with E-state index in [1.165, 1.54) is 20.8 Å². The van der Waals surface area contributed by atoms with Crippen LogP contribution in [0.4, 0.5) is 0 Å². The van der Waals surface area contributed by atoms with Crippen LogP contribution in [0.5, 0.6) is 11.5 Å². The third-order valence-corrected chi connectivity index (χ3v) is 5.61. The number of carbonyl (C=O) groups is 3. The predicted octanol–water partition coefficient (Wildman–Crippen LogP) is 3.59. The average Bonchev–Trinajstić information content (AvgIpc) is 2.75. The molecule has 0 aliphatic carbocycles. The van der Waals surface area contributed by atoms with Crippen molar-refractivity contribution in [1.29, 1.82) is 0 Å². The van der Waals surface area contributed by atoms with Crippen LogP contribution in [-0.4, -0.2) is 59.6 Å². The minimum absolute atomic E-state index is 0.407. The van der Waals surface area contributed by atoms with Gasteiger partial charge in [0.2, 0.25) is 12.4 Å². The number of esters is 3. The Hall–Kier alpha value is -2.08. The van der Waals surface area contributed by atoms with Gasteiger partial charge in [-0.2, -0.15) is 0 Å². The normalized spacial score (nSPS) is 24.5. The SMILES string of the molecule is CCCCCOc1ccc(O[C@H]2OC(CI)[C@@H](OC(C)=O)C(OC(C)=O)C2OC(C)=O)cc1. The van der Waals surface area contributed by atoms with Gasteiger partial charge in [-0.3, -0.25) is 14.4 Å². The molecule has 1 aromatic rings. The first-order valence-electron chi connectivity index (χ1n) is 10.9. The monoisotopic (exact) mass is 578 g/mol. The Morgan fingerprint density at radius 2 is 1.39 bits per heavy atom. The summed E-state index contributed by atoms with van der Waals surface area (Å²) in [5.41, 5.74) is 0. The maximum absolute atomic E-state index is 11.8. The standard InChI is InChI=1S/C23H31IO9/c1-5-6-7-12-28-17-8-10-18(11-9-17)32-23-22(31-16(4)27)21(30-15(3)26)20(29-14(2)25)19(13-24)33-23/h8-11,19-23H,5-7,12-13H2,1-4H3/t19?,20-,21?,22?,23+/m1/s1. The molecule has 184 valence electrons. The summed E-state index contributed by atoms with van der Waals surface area (Å²) >= 11 is 2.07. The molecule has 5 atom stereocenters. The van der Waals surface area contributed by atoms with Crippen LogP contribution in [0.3, 0.4) is 0 Å². The predicted molar refractivity (Wildman–Crippen MR) is 126 cm³/mol. The van der Waals surface area contributed by atoms with Gasteiger partial charge in [0.05, 0.1) is 6.61 Å². The van der Waals surface area contributed by atoms with Crippen molar-refractivity contribution in [2.45, 2.75) is 77.7 Å². The number of rotatable bonds is 11. The highest BCUT2D eigenvalue weighted by Gasteiger charge is 2.52. The van der Waals surface area contributed by atoms with Crippen molar-refractivity contribution < 1.29 is 42.8 Å². The number of hydrogen-bond donors (Lipinski definition) is 0. The van der Waals surface area contributed by atoms with Crippen LogP contribution >= 0.6 is 22.6 Å². The summed E-state index contributed by atoms with van der Waals surface area (Å²) in [5, 5.41) is 0. The largest absolute Gasteiger partial charge is 0.494 e. The lowest BCUT2D eigenvalue weighted by Gasteiger charge is -2.43. The summed E-state index contributed by atoms with van der Waals surface area (Å²) in [5.74, 6) is -0.673. The van der Waals surface area contributed by atoms with Gasteiger partial charge in [0.25, 0.3) is 0 Å². The van der Waals surface area contributed by atoms with Crippen LogP contribution in [0.2, 0.25) is 0 Å². The minimum atomic E-state index is -1.15. The first kappa shape index (κ1) is 27.2. The molecule has 33 heavy (non-hydrogen) atoms. The number of halogens is 1. The molecule has 9 nitrogen and oxygen atoms in total. The first-order chi connectivity index (χ1) is 15.7. The summed E-state index contributed by atoms with van der Waals surface area (Å²) in [6.45, 7) is 6.44. The summed E-state index contributed by atoms with van der Waals surface area (Å²) in [4.78, 5) is 35.3. The molecule has 0 bridgehead atoms. The highest BCUT2D eigenvalue weighted by molar-refractivity contribution is 14.1. The number of unbranched alkanes of at least 4 members (excludes halogenated alkanes) is 2. The van der Waals surface area contributed by atoms with E-state index in [1.807, 2.05) is 0 Å². The molecular weight excluding hydrogens is 547 g/mol. The molecule has 0 amide bonds. The van der Waals surface area contributed by atoms with E-state index < -0.39 is 48.6 Å². The zero-order valence-electron chi connectivity index (χ0n) is 19.3. The molecule has 0 aromatic heterocycles. The summed E-state index contributed by atoms with van der Waals surface area (Å²) in [7, 11) is 0. The third-order valence-electron chi connectivity index (χ3n) is 4.74. The van der Waals surface area contributed by atoms with Crippen molar-refractivity contribution in [1.82, 2.24) is 0 Å². The quantitative estimate of drug-likeness (QED) is 0.128. The number of alkyl halides is 1. The van der Waals surface area contributed by atoms with Crippen LogP contribution in [-0.2, 0) is 33.3 Å². The molecule has 1 aromatic carbocycles. The fraction of sp³-hybridized carbons (Fsp3) is 0.609. The molecule has 1 aliphatic rings. The van der Waals surface area contributed by atoms with Crippen molar-refractivity contribution in [3.05, 3.63) is 24.3 Å². The van der Waals surface area contributed by atoms with E-state index in [1.54, 1.807) is 24.3 Å². The molecule has 1 fully saturated rings. The maximum atomic E-state index is 11.8. The van der Waals surface area contributed by atoms with E-state index in [-0.39, 0.29) is 0 Å². The molecule has 1 saturated heterocycles. The van der Waals surface area contributed by atoms with Crippen molar-refractivity contribution in [3.63, 3.8) is 0 Å². The zero-order chi connectivity index (χ0) is 24.4. The van der Waals surface area contributed by atoms with Crippen molar-refractivity contribution in [3.8, 4) is 11.5 Å². The van der Waals surface area contributed by atoms with Crippen molar-refractivity contribution >= 4 is 40.5 Å². The lowest BCUT2D eigenvalue weighted by atomic mass is 9.99. The van der Waals surface area contributed by atoms with Crippen LogP contribution < -0.4 is 9.47 Å². The van der Waals surface area contributed by atoms with Gasteiger partial charge < -0.3 is 28.4 Å². The Morgan fingerprint density at radius 1 is 0.848 bits per heavy atom. The Labute approximate surface area is 207 Å². The van der Waals surface area contributed by atoms with Crippen molar-refractivity contribution in [2.75, 3.05) is 11.0 Å². The van der Waals surface area contributed by atoms with Crippen LogP contribution in [0.15, 0.2) is 24.3 Å². The van der Waals surface area contributed by atoms with Crippen LogP contribution in [0.25, 0.3) is 0 Å². The molecule has 10 heteroatoms. The van der Waals surface area contributed by atoms with Gasteiger partial charge in [-0.1, -0.05) is 42.4 Å². The molecule has 0 radical (unpaired) electrons. The van der Waals surface area contributed by atoms with Gasteiger partial charge in [-0.15, -0.1) is 0 Å². The number of benzene rings is 1. The fourth-order valence-electron chi connectivity index (χ4n) is 3.36. The smallest absolute Gasteiger partial charge is 0.303 e. The Kier molecular flexibility index (Phi) is 11.2. The fourth-order valence-corrected chi connectivity index (χ4v) is 4.07. The lowest BCUT2D eigenvalue weighted by Crippen LogP contribution is -2.63. The second kappa shape index (κ2) is 13.6. The van der Waals surface area contributed by atoms with E-state index in [4.69, 9.17) is 28.4 Å². The van der Waals surface area contributed by atoms with Crippen molar-refractivity contribution in [2.24, 2.45) is 0 Å². The number of ether oxygens (including phenoxy) is 6. The lowest BCUT2D eigenvalue weighted by molar-refractivity contribution is -0.279. The topological polar surface area (TPSA) is 107 Å². The van der Waals surface area contributed by atoms with E-state index in [2.05, 4.69) is 29.5 Å². The second-order valence-electron chi connectivity index (χ2n) is 7.56. The molecule has 0 saturated carbocycles. The minimum Gasteiger partial charge on any atom is -0.494 e. The Balaban J connectivity index is 2.22. The van der Waals surface area contributed by atoms with Gasteiger partial charge >= 0.3 is 17.9 Å². The molecule has 1 heterocycles. The van der Waals surface area contributed by atoms with Crippen LogP contribution in [0, 0.1) is 0 Å². The van der Waals surface area contributed by atoms with E-state index in [0.29, 0.717) is 22.5 Å². The number of hydrogen-bond acceptors (Lipinski definition) is 9. The zero-order valence-corrected chi connectivity index (χ0v) is 21.4. The molecule has 0 spiro atoms. The molecule has 3 unspecified atom stereocenters. The summed E-state index contributed by atoms with van der Waals surface area (Å²) in [6.07, 6.45) is -1.77. The highest BCUT2D eigenvalue weighted by atomic mass is 127. The molecule has 0 N–H and O–H groups in total. The Morgan fingerprint density at radius 3 is 1.94 bits per heavy atom. The number of carbonyl (C=O) groups excluding carboxylic acids is 3. The molecule has 1 aliphatic heterocycles. The highest BCUT2D eigenvalue weighted by Crippen LogP contribution is 2.31. The van der Waals surface area contributed by atoms with E-state index in [9.17, 15) is 14.4 Å². The second-order valence-corrected chi connectivity index (χ2v) is 8.44. The van der Waals surface area contributed by atoms with Gasteiger partial charge in [-0.25, -0.2) is 0 Å². The average molecular weight is 578 g/mol. The Bertz CT molecular complexity index is 783. The summed E-state index contributed by atoms with van der Waals surface area (Å²) in [6, 6.07) is 6.96. The van der Waals surface area contributed by atoms with Gasteiger partial charge in [-0.05, 0) is 30.7 Å². The van der Waals surface area contributed by atoms with Crippen LogP contribution in [0.1, 0.15) is 47.0 Å². The van der Waals surface area contributed by atoms with Gasteiger partial charge in [0.1, 0.15) is 17.6 Å². The molecule has 2 rings (SSSR count). The maximum Gasteiger partial charge on any atom is 0.303 e. The van der Waals surface area contributed by atoms with Gasteiger partial charge in [0.15, 0.2) is 12.2 Å². The molecular formula is C23H31IO9.